The van der Waals surface area contributed by atoms with Crippen molar-refractivity contribution in [3.63, 3.8) is 0 Å². The van der Waals surface area contributed by atoms with Crippen molar-refractivity contribution < 1.29 is 14.3 Å². The van der Waals surface area contributed by atoms with Crippen molar-refractivity contribution in [1.29, 1.82) is 0 Å². The number of nitrogens with one attached hydrogen (secondary N) is 1. The van der Waals surface area contributed by atoms with Crippen LogP contribution >= 0.6 is 15.9 Å². The average molecular weight is 404 g/mol. The zero-order valence-corrected chi connectivity index (χ0v) is 15.5. The summed E-state index contributed by atoms with van der Waals surface area (Å²) >= 11 is 3.37. The summed E-state index contributed by atoms with van der Waals surface area (Å²) in [5.74, 6) is -0.0405. The van der Waals surface area contributed by atoms with E-state index in [9.17, 15) is 9.59 Å². The molecule has 0 unspecified atom stereocenters. The van der Waals surface area contributed by atoms with Gasteiger partial charge in [0, 0.05) is 23.8 Å². The Morgan fingerprint density at radius 3 is 2.72 bits per heavy atom. The van der Waals surface area contributed by atoms with Crippen LogP contribution < -0.4 is 15.0 Å². The molecule has 6 nitrogen and oxygen atoms in total. The molecular weight excluding hydrogens is 386 g/mol. The fraction of sp³-hybridized carbons (Fsp3) is 0.278. The van der Waals surface area contributed by atoms with E-state index >= 15 is 0 Å². The standard InChI is InChI=1S/C18H18BrN3O3/c1-3-22-15-14(5-4-10-20-15)25-18(2,17(22)24)16(23)21-11-12-6-8-13(19)9-7-12/h4-10H,3,11H2,1-2H3,(H,21,23)/t18-/m0/s1. The molecule has 1 aromatic heterocycles. The molecule has 0 saturated heterocycles. The number of ether oxygens (including phenoxy) is 1. The van der Waals surface area contributed by atoms with E-state index in [1.165, 1.54) is 11.8 Å². The first-order valence-corrected chi connectivity index (χ1v) is 8.73. The summed E-state index contributed by atoms with van der Waals surface area (Å²) in [6.45, 7) is 4.04. The number of pyridine rings is 1. The molecule has 0 bridgehead atoms. The highest BCUT2D eigenvalue weighted by atomic mass is 79.9. The fourth-order valence-electron chi connectivity index (χ4n) is 2.67. The lowest BCUT2D eigenvalue weighted by molar-refractivity contribution is -0.148. The Morgan fingerprint density at radius 1 is 1.32 bits per heavy atom. The number of fused-ring (bicyclic) bond motifs is 1. The highest BCUT2D eigenvalue weighted by molar-refractivity contribution is 9.10. The number of hydrogen-bond donors (Lipinski definition) is 1. The second-order valence-corrected chi connectivity index (χ2v) is 6.73. The van der Waals surface area contributed by atoms with Gasteiger partial charge in [-0.25, -0.2) is 4.98 Å². The number of rotatable bonds is 4. The lowest BCUT2D eigenvalue weighted by Gasteiger charge is -2.38. The first-order chi connectivity index (χ1) is 12.0. The Bertz CT molecular complexity index is 809. The predicted octanol–water partition coefficient (Wildman–Crippen LogP) is 2.66. The van der Waals surface area contributed by atoms with Crippen LogP contribution in [0.3, 0.4) is 0 Å². The summed E-state index contributed by atoms with van der Waals surface area (Å²) in [7, 11) is 0. The van der Waals surface area contributed by atoms with E-state index in [1.807, 2.05) is 31.2 Å². The van der Waals surface area contributed by atoms with Crippen LogP contribution in [0.1, 0.15) is 19.4 Å². The van der Waals surface area contributed by atoms with Gasteiger partial charge in [-0.3, -0.25) is 14.5 Å². The molecule has 1 aliphatic heterocycles. The number of aromatic nitrogens is 1. The summed E-state index contributed by atoms with van der Waals surface area (Å²) in [5, 5.41) is 2.79. The normalized spacial score (nSPS) is 19.2. The van der Waals surface area contributed by atoms with Gasteiger partial charge >= 0.3 is 0 Å². The quantitative estimate of drug-likeness (QED) is 0.796. The van der Waals surface area contributed by atoms with Crippen LogP contribution in [0, 0.1) is 0 Å². The molecule has 7 heteroatoms. The van der Waals surface area contributed by atoms with E-state index < -0.39 is 17.4 Å². The Labute approximate surface area is 154 Å². The molecule has 130 valence electrons. The van der Waals surface area contributed by atoms with Gasteiger partial charge in [-0.1, -0.05) is 28.1 Å². The van der Waals surface area contributed by atoms with E-state index in [1.54, 1.807) is 18.3 Å². The van der Waals surface area contributed by atoms with Crippen molar-refractivity contribution in [3.05, 3.63) is 52.6 Å². The Hall–Kier alpha value is -2.41. The molecule has 0 saturated carbocycles. The number of carbonyl (C=O) groups excluding carboxylic acids is 2. The topological polar surface area (TPSA) is 71.5 Å². The smallest absolute Gasteiger partial charge is 0.282 e. The number of anilines is 1. The lowest BCUT2D eigenvalue weighted by atomic mass is 10.0. The maximum Gasteiger partial charge on any atom is 0.282 e. The van der Waals surface area contributed by atoms with Crippen molar-refractivity contribution in [2.75, 3.05) is 11.4 Å². The third kappa shape index (κ3) is 3.24. The number of hydrogen-bond acceptors (Lipinski definition) is 4. The van der Waals surface area contributed by atoms with Gasteiger partial charge in [0.2, 0.25) is 0 Å². The van der Waals surface area contributed by atoms with E-state index in [-0.39, 0.29) is 0 Å². The largest absolute Gasteiger partial charge is 0.464 e. The highest BCUT2D eigenvalue weighted by Gasteiger charge is 2.50. The molecule has 1 N–H and O–H groups in total. The average Bonchev–Trinajstić information content (AvgIpc) is 2.62. The van der Waals surface area contributed by atoms with Gasteiger partial charge < -0.3 is 10.1 Å². The molecule has 3 rings (SSSR count). The van der Waals surface area contributed by atoms with Crippen LogP contribution in [0.25, 0.3) is 0 Å². The summed E-state index contributed by atoms with van der Waals surface area (Å²) in [4.78, 5) is 31.2. The zero-order chi connectivity index (χ0) is 18.0. The monoisotopic (exact) mass is 403 g/mol. The third-order valence-electron chi connectivity index (χ3n) is 4.09. The molecule has 2 amide bonds. The van der Waals surface area contributed by atoms with Crippen LogP contribution in [-0.2, 0) is 16.1 Å². The summed E-state index contributed by atoms with van der Waals surface area (Å²) < 4.78 is 6.72. The summed E-state index contributed by atoms with van der Waals surface area (Å²) in [6, 6.07) is 11.0. The predicted molar refractivity (Wildman–Crippen MR) is 97.3 cm³/mol. The Morgan fingerprint density at radius 2 is 2.04 bits per heavy atom. The van der Waals surface area contributed by atoms with Gasteiger partial charge in [0.05, 0.1) is 0 Å². The van der Waals surface area contributed by atoms with Crippen LogP contribution in [0.4, 0.5) is 5.82 Å². The van der Waals surface area contributed by atoms with Crippen LogP contribution in [0.15, 0.2) is 47.1 Å². The van der Waals surface area contributed by atoms with Gasteiger partial charge in [0.1, 0.15) is 0 Å². The van der Waals surface area contributed by atoms with Gasteiger partial charge in [0.25, 0.3) is 17.4 Å². The number of likely N-dealkylation sites (N-methyl/N-ethyl adjacent to an activating group) is 1. The third-order valence-corrected chi connectivity index (χ3v) is 4.62. The molecule has 0 aliphatic carbocycles. The van der Waals surface area contributed by atoms with Crippen LogP contribution in [-0.4, -0.2) is 28.9 Å². The summed E-state index contributed by atoms with van der Waals surface area (Å²) in [6.07, 6.45) is 1.59. The van der Waals surface area contributed by atoms with Gasteiger partial charge in [-0.05, 0) is 43.7 Å². The fourth-order valence-corrected chi connectivity index (χ4v) is 2.94. The molecule has 25 heavy (non-hydrogen) atoms. The van der Waals surface area contributed by atoms with Gasteiger partial charge in [-0.2, -0.15) is 0 Å². The minimum absolute atomic E-state index is 0.310. The van der Waals surface area contributed by atoms with Gasteiger partial charge in [-0.15, -0.1) is 0 Å². The second kappa shape index (κ2) is 6.84. The van der Waals surface area contributed by atoms with Gasteiger partial charge in [0.15, 0.2) is 11.6 Å². The van der Waals surface area contributed by atoms with Crippen molar-refractivity contribution >= 4 is 33.6 Å². The van der Waals surface area contributed by atoms with Crippen molar-refractivity contribution in [2.45, 2.75) is 26.0 Å². The number of nitrogens with zero attached hydrogens (tertiary/aromatic N) is 2. The minimum atomic E-state index is -1.62. The van der Waals surface area contributed by atoms with Crippen LogP contribution in [0.2, 0.25) is 0 Å². The molecular formula is C18H18BrN3O3. The van der Waals surface area contributed by atoms with E-state index in [0.29, 0.717) is 24.7 Å². The second-order valence-electron chi connectivity index (χ2n) is 5.82. The van der Waals surface area contributed by atoms with Crippen molar-refractivity contribution in [1.82, 2.24) is 10.3 Å². The minimum Gasteiger partial charge on any atom is -0.464 e. The Kier molecular flexibility index (Phi) is 4.76. The first-order valence-electron chi connectivity index (χ1n) is 7.94. The number of benzene rings is 1. The Balaban J connectivity index is 1.81. The maximum atomic E-state index is 12.8. The molecule has 2 heterocycles. The lowest BCUT2D eigenvalue weighted by Crippen LogP contribution is -2.62. The van der Waals surface area contributed by atoms with Crippen LogP contribution in [0.5, 0.6) is 5.75 Å². The van der Waals surface area contributed by atoms with Crippen molar-refractivity contribution in [2.24, 2.45) is 0 Å². The van der Waals surface area contributed by atoms with E-state index in [2.05, 4.69) is 26.2 Å². The zero-order valence-electron chi connectivity index (χ0n) is 14.0. The number of amides is 2. The number of halogens is 1. The molecule has 1 aromatic carbocycles. The SMILES string of the molecule is CCN1C(=O)[C@](C)(C(=O)NCc2ccc(Br)cc2)Oc2cccnc21. The molecule has 0 spiro atoms. The maximum absolute atomic E-state index is 12.8. The summed E-state index contributed by atoms with van der Waals surface area (Å²) in [5.41, 5.74) is -0.695. The molecule has 1 atom stereocenters. The molecule has 0 radical (unpaired) electrons. The van der Waals surface area contributed by atoms with E-state index in [0.717, 1.165) is 10.0 Å². The van der Waals surface area contributed by atoms with Crippen molar-refractivity contribution in [3.8, 4) is 5.75 Å². The molecule has 0 fully saturated rings. The molecule has 2 aromatic rings. The first kappa shape index (κ1) is 17.4. The highest BCUT2D eigenvalue weighted by Crippen LogP contribution is 2.35. The van der Waals surface area contributed by atoms with E-state index in [4.69, 9.17) is 4.74 Å². The molecule has 1 aliphatic rings. The number of carbonyl (C=O) groups is 2.